The van der Waals surface area contributed by atoms with Crippen LogP contribution in [0.1, 0.15) is 32.7 Å². The first-order valence-electron chi connectivity index (χ1n) is 10.3. The summed E-state index contributed by atoms with van der Waals surface area (Å²) in [4.78, 5) is 25.8. The number of halogens is 1. The predicted molar refractivity (Wildman–Crippen MR) is 121 cm³/mol. The van der Waals surface area contributed by atoms with Crippen molar-refractivity contribution in [2.24, 2.45) is 5.92 Å². The minimum Gasteiger partial charge on any atom is -0.454 e. The number of aliphatic hydroxyl groups excluding tert-OH is 1. The summed E-state index contributed by atoms with van der Waals surface area (Å²) in [7, 11) is 0. The summed E-state index contributed by atoms with van der Waals surface area (Å²) < 4.78 is 8.44. The van der Waals surface area contributed by atoms with Crippen LogP contribution in [0, 0.1) is 5.92 Å². The third-order valence-electron chi connectivity index (χ3n) is 4.60. The summed E-state index contributed by atoms with van der Waals surface area (Å²) in [6, 6.07) is 9.03. The van der Waals surface area contributed by atoms with Gasteiger partial charge in [-0.2, -0.15) is 10.2 Å². The van der Waals surface area contributed by atoms with Gasteiger partial charge in [-0.1, -0.05) is 37.6 Å². The van der Waals surface area contributed by atoms with Gasteiger partial charge in [0, 0.05) is 31.5 Å². The highest BCUT2D eigenvalue weighted by atomic mass is 35.5. The highest BCUT2D eigenvalue weighted by Gasteiger charge is 2.25. The molecule has 0 saturated carbocycles. The van der Waals surface area contributed by atoms with Gasteiger partial charge in [0.2, 0.25) is 0 Å². The van der Waals surface area contributed by atoms with Crippen LogP contribution in [0.25, 0.3) is 0 Å². The maximum atomic E-state index is 13.0. The van der Waals surface area contributed by atoms with Crippen molar-refractivity contribution in [3.63, 3.8) is 0 Å². The van der Waals surface area contributed by atoms with Gasteiger partial charge in [0.1, 0.15) is 11.8 Å². The van der Waals surface area contributed by atoms with Crippen molar-refractivity contribution in [3.05, 3.63) is 64.2 Å². The van der Waals surface area contributed by atoms with Gasteiger partial charge in [0.15, 0.2) is 11.6 Å². The minimum absolute atomic E-state index is 0.0583. The third kappa shape index (κ3) is 6.18. The fraction of sp³-hybridized carbons (Fsp3) is 0.364. The molecule has 1 atom stereocenters. The maximum absolute atomic E-state index is 13.0. The number of hydrogen-bond donors (Lipinski definition) is 2. The molecular weight excluding hydrogens is 434 g/mol. The van der Waals surface area contributed by atoms with E-state index in [2.05, 4.69) is 15.5 Å². The van der Waals surface area contributed by atoms with Crippen LogP contribution in [0.2, 0.25) is 5.02 Å². The maximum Gasteiger partial charge on any atom is 0.271 e. The quantitative estimate of drug-likeness (QED) is 0.480. The molecule has 0 radical (unpaired) electrons. The molecule has 0 fully saturated rings. The second-order valence-corrected chi connectivity index (χ2v) is 8.09. The molecule has 10 heteroatoms. The number of ether oxygens (including phenoxy) is 1. The number of para-hydroxylation sites is 1. The smallest absolute Gasteiger partial charge is 0.271 e. The number of hydrogen-bond acceptors (Lipinski definition) is 6. The van der Waals surface area contributed by atoms with E-state index in [1.807, 2.05) is 13.8 Å². The van der Waals surface area contributed by atoms with Gasteiger partial charge >= 0.3 is 0 Å². The Labute approximate surface area is 190 Å². The molecule has 0 spiro atoms. The Bertz CT molecular complexity index is 1110. The fourth-order valence-electron chi connectivity index (χ4n) is 3.11. The second kappa shape index (κ2) is 10.9. The first-order chi connectivity index (χ1) is 15.4. The number of nitrogens with one attached hydrogen (secondary N) is 1. The van der Waals surface area contributed by atoms with Crippen LogP contribution in [0.4, 0.5) is 5.82 Å². The largest absolute Gasteiger partial charge is 0.454 e. The lowest BCUT2D eigenvalue weighted by atomic mass is 10.0. The number of anilines is 1. The summed E-state index contributed by atoms with van der Waals surface area (Å²) in [5, 5.41) is 20.6. The van der Waals surface area contributed by atoms with Crippen LogP contribution in [0.15, 0.2) is 53.6 Å². The number of carbonyl (C=O) groups is 1. The van der Waals surface area contributed by atoms with E-state index in [0.717, 1.165) is 4.68 Å². The number of aromatic nitrogens is 4. The first-order valence-corrected chi connectivity index (χ1v) is 10.7. The van der Waals surface area contributed by atoms with E-state index < -0.39 is 11.6 Å². The lowest BCUT2D eigenvalue weighted by Crippen LogP contribution is -2.35. The van der Waals surface area contributed by atoms with E-state index >= 15 is 0 Å². The van der Waals surface area contributed by atoms with Crippen molar-refractivity contribution in [3.8, 4) is 11.5 Å². The molecule has 1 amide bonds. The lowest BCUT2D eigenvalue weighted by Gasteiger charge is -2.19. The molecule has 9 nitrogen and oxygen atoms in total. The SMILES string of the molecule is CC(C)CC(C(=O)Nc1ccn(CCCO)n1)n1ncc(Oc2ccccc2Cl)cc1=O. The van der Waals surface area contributed by atoms with Crippen molar-refractivity contribution in [1.29, 1.82) is 0 Å². The molecule has 32 heavy (non-hydrogen) atoms. The monoisotopic (exact) mass is 459 g/mol. The van der Waals surface area contributed by atoms with Crippen LogP contribution in [0.3, 0.4) is 0 Å². The van der Waals surface area contributed by atoms with Gasteiger partial charge in [0.05, 0.1) is 11.2 Å². The molecule has 2 N–H and O–H groups in total. The van der Waals surface area contributed by atoms with Crippen molar-refractivity contribution in [1.82, 2.24) is 19.6 Å². The average molecular weight is 460 g/mol. The number of benzene rings is 1. The highest BCUT2D eigenvalue weighted by molar-refractivity contribution is 6.32. The first kappa shape index (κ1) is 23.5. The normalized spacial score (nSPS) is 12.0. The zero-order valence-corrected chi connectivity index (χ0v) is 18.7. The molecule has 0 bridgehead atoms. The van der Waals surface area contributed by atoms with E-state index in [-0.39, 0.29) is 24.2 Å². The number of nitrogens with zero attached hydrogens (tertiary/aromatic N) is 4. The summed E-state index contributed by atoms with van der Waals surface area (Å²) >= 11 is 6.10. The third-order valence-corrected chi connectivity index (χ3v) is 4.91. The average Bonchev–Trinajstić information content (AvgIpc) is 3.19. The summed E-state index contributed by atoms with van der Waals surface area (Å²) in [5.74, 6) is 0.751. The Kier molecular flexibility index (Phi) is 8.02. The Hall–Kier alpha value is -3.17. The Morgan fingerprint density at radius 3 is 2.75 bits per heavy atom. The van der Waals surface area contributed by atoms with Crippen LogP contribution in [-0.4, -0.2) is 37.2 Å². The van der Waals surface area contributed by atoms with Crippen molar-refractivity contribution < 1.29 is 14.6 Å². The van der Waals surface area contributed by atoms with E-state index in [1.165, 1.54) is 12.3 Å². The van der Waals surface area contributed by atoms with E-state index in [0.29, 0.717) is 36.0 Å². The zero-order valence-electron chi connectivity index (χ0n) is 17.9. The number of rotatable bonds is 10. The lowest BCUT2D eigenvalue weighted by molar-refractivity contribution is -0.120. The molecular formula is C22H26ClN5O4. The molecule has 3 aromatic rings. The van der Waals surface area contributed by atoms with Crippen molar-refractivity contribution in [2.45, 2.75) is 39.3 Å². The Morgan fingerprint density at radius 2 is 2.06 bits per heavy atom. The Morgan fingerprint density at radius 1 is 1.28 bits per heavy atom. The molecule has 3 rings (SSSR count). The molecule has 0 aliphatic rings. The molecule has 1 unspecified atom stereocenters. The standard InChI is InChI=1S/C22H26ClN5O4/c1-15(2)12-18(22(31)25-20-8-10-27(26-20)9-5-11-29)28-21(30)13-16(14-24-28)32-19-7-4-3-6-17(19)23/h3-4,6-8,10,13-15,18,29H,5,9,11-12H2,1-2H3,(H,25,26,31). The van der Waals surface area contributed by atoms with Gasteiger partial charge in [-0.25, -0.2) is 4.68 Å². The molecule has 0 aliphatic heterocycles. The van der Waals surface area contributed by atoms with Gasteiger partial charge in [0.25, 0.3) is 11.5 Å². The van der Waals surface area contributed by atoms with Crippen molar-refractivity contribution >= 4 is 23.3 Å². The van der Waals surface area contributed by atoms with Crippen LogP contribution in [0.5, 0.6) is 11.5 Å². The van der Waals surface area contributed by atoms with Crippen molar-refractivity contribution in [2.75, 3.05) is 11.9 Å². The van der Waals surface area contributed by atoms with Gasteiger partial charge in [-0.3, -0.25) is 14.3 Å². The zero-order chi connectivity index (χ0) is 23.1. The second-order valence-electron chi connectivity index (χ2n) is 7.68. The van der Waals surface area contributed by atoms with Gasteiger partial charge < -0.3 is 15.2 Å². The fourth-order valence-corrected chi connectivity index (χ4v) is 3.28. The molecule has 2 heterocycles. The van der Waals surface area contributed by atoms with Gasteiger partial charge in [-0.15, -0.1) is 0 Å². The number of aryl methyl sites for hydroxylation is 1. The van der Waals surface area contributed by atoms with E-state index in [1.54, 1.807) is 41.2 Å². The Balaban J connectivity index is 1.79. The van der Waals surface area contributed by atoms with E-state index in [4.69, 9.17) is 21.4 Å². The summed E-state index contributed by atoms with van der Waals surface area (Å²) in [6.45, 7) is 4.52. The highest BCUT2D eigenvalue weighted by Crippen LogP contribution is 2.28. The molecule has 0 aliphatic carbocycles. The van der Waals surface area contributed by atoms with Crippen LogP contribution < -0.4 is 15.6 Å². The minimum atomic E-state index is -0.820. The van der Waals surface area contributed by atoms with E-state index in [9.17, 15) is 9.59 Å². The number of aliphatic hydroxyl groups is 1. The van der Waals surface area contributed by atoms with Gasteiger partial charge in [-0.05, 0) is 30.9 Å². The topological polar surface area (TPSA) is 111 Å². The molecule has 2 aromatic heterocycles. The summed E-state index contributed by atoms with van der Waals surface area (Å²) in [5.41, 5.74) is -0.469. The molecule has 170 valence electrons. The summed E-state index contributed by atoms with van der Waals surface area (Å²) in [6.07, 6.45) is 4.07. The molecule has 0 saturated heterocycles. The molecule has 1 aromatic carbocycles. The predicted octanol–water partition coefficient (Wildman–Crippen LogP) is 3.49. The number of carbonyl (C=O) groups excluding carboxylic acids is 1. The number of amides is 1. The van der Waals surface area contributed by atoms with Crippen LogP contribution in [-0.2, 0) is 11.3 Å². The van der Waals surface area contributed by atoms with Crippen LogP contribution >= 0.6 is 11.6 Å².